The van der Waals surface area contributed by atoms with Crippen molar-refractivity contribution < 1.29 is 0 Å². The fraction of sp³-hybridized carbons (Fsp3) is 0. The highest BCUT2D eigenvalue weighted by Gasteiger charge is 2.18. The van der Waals surface area contributed by atoms with E-state index < -0.39 is 0 Å². The molecule has 0 bridgehead atoms. The number of hydrogen-bond donors (Lipinski definition) is 0. The Hall–Kier alpha value is -4.36. The smallest absolute Gasteiger partial charge is 0.0540 e. The highest BCUT2D eigenvalue weighted by molar-refractivity contribution is 6.25. The summed E-state index contributed by atoms with van der Waals surface area (Å²) in [5.41, 5.74) is 3.51. The summed E-state index contributed by atoms with van der Waals surface area (Å²) in [6.07, 6.45) is 0. The van der Waals surface area contributed by atoms with Gasteiger partial charge in [-0.2, -0.15) is 0 Å². The van der Waals surface area contributed by atoms with E-state index in [0.29, 0.717) is 0 Å². The quantitative estimate of drug-likeness (QED) is 0.258. The van der Waals surface area contributed by atoms with Crippen molar-refractivity contribution in [2.45, 2.75) is 0 Å². The lowest BCUT2D eigenvalue weighted by molar-refractivity contribution is 1.31. The molecule has 0 saturated carbocycles. The lowest BCUT2D eigenvalue weighted by atomic mass is 9.93. The normalized spacial score (nSPS) is 11.6. The van der Waals surface area contributed by atoms with E-state index in [-0.39, 0.29) is 0 Å². The molecule has 0 spiro atoms. The van der Waals surface area contributed by atoms with Gasteiger partial charge in [-0.15, -0.1) is 0 Å². The van der Waals surface area contributed by atoms with E-state index in [1.807, 2.05) is 0 Å². The molecule has 1 heteroatoms. The van der Waals surface area contributed by atoms with Gasteiger partial charge in [-0.1, -0.05) is 97.1 Å². The Labute approximate surface area is 192 Å². The summed E-state index contributed by atoms with van der Waals surface area (Å²) in [7, 11) is 0. The standard InChI is InChI=1S/C32H21N/c1-2-11-27(12-3-1)33(28-18-15-22-7-4-5-8-26(22)21-28)30-20-17-25-14-13-23-9-6-10-24-16-19-29(30)32(25)31(23)24/h1-21H. The van der Waals surface area contributed by atoms with Gasteiger partial charge < -0.3 is 4.90 Å². The lowest BCUT2D eigenvalue weighted by Gasteiger charge is -2.28. The maximum Gasteiger partial charge on any atom is 0.0540 e. The third-order valence-corrected chi connectivity index (χ3v) is 6.75. The minimum absolute atomic E-state index is 1.16. The molecule has 0 aliphatic rings. The van der Waals surface area contributed by atoms with Gasteiger partial charge in [0.25, 0.3) is 0 Å². The Morgan fingerprint density at radius 3 is 1.79 bits per heavy atom. The molecule has 0 heterocycles. The summed E-state index contributed by atoms with van der Waals surface area (Å²) >= 11 is 0. The van der Waals surface area contributed by atoms with Crippen molar-refractivity contribution in [2.75, 3.05) is 4.90 Å². The Kier molecular flexibility index (Phi) is 3.91. The first-order valence-electron chi connectivity index (χ1n) is 11.4. The first kappa shape index (κ1) is 18.2. The van der Waals surface area contributed by atoms with Crippen molar-refractivity contribution in [3.63, 3.8) is 0 Å². The molecule has 0 atom stereocenters. The molecule has 7 rings (SSSR count). The summed E-state index contributed by atoms with van der Waals surface area (Å²) in [4.78, 5) is 2.39. The molecule has 0 saturated heterocycles. The van der Waals surface area contributed by atoms with Gasteiger partial charge in [0.05, 0.1) is 5.69 Å². The molecule has 1 nitrogen and oxygen atoms in total. The van der Waals surface area contributed by atoms with Crippen LogP contribution in [0.4, 0.5) is 17.1 Å². The van der Waals surface area contributed by atoms with Crippen molar-refractivity contribution >= 4 is 60.2 Å². The highest BCUT2D eigenvalue weighted by Crippen LogP contribution is 2.44. The van der Waals surface area contributed by atoms with Crippen molar-refractivity contribution in [1.29, 1.82) is 0 Å². The van der Waals surface area contributed by atoms with Gasteiger partial charge in [-0.3, -0.25) is 0 Å². The van der Waals surface area contributed by atoms with Crippen LogP contribution in [0.2, 0.25) is 0 Å². The van der Waals surface area contributed by atoms with Crippen LogP contribution >= 0.6 is 0 Å². The van der Waals surface area contributed by atoms with Crippen LogP contribution in [0.1, 0.15) is 0 Å². The van der Waals surface area contributed by atoms with Gasteiger partial charge in [0.15, 0.2) is 0 Å². The van der Waals surface area contributed by atoms with Crippen LogP contribution in [-0.2, 0) is 0 Å². The van der Waals surface area contributed by atoms with Gasteiger partial charge in [0.2, 0.25) is 0 Å². The van der Waals surface area contributed by atoms with Crippen molar-refractivity contribution in [3.8, 4) is 0 Å². The lowest BCUT2D eigenvalue weighted by Crippen LogP contribution is -2.10. The average molecular weight is 420 g/mol. The monoisotopic (exact) mass is 419 g/mol. The predicted molar refractivity (Wildman–Crippen MR) is 142 cm³/mol. The second kappa shape index (κ2) is 7.08. The molecular weight excluding hydrogens is 398 g/mol. The zero-order valence-electron chi connectivity index (χ0n) is 18.1. The number of rotatable bonds is 3. The molecule has 0 amide bonds. The summed E-state index contributed by atoms with van der Waals surface area (Å²) in [5, 5.41) is 10.3. The van der Waals surface area contributed by atoms with E-state index in [0.717, 1.165) is 11.4 Å². The molecule has 0 aliphatic carbocycles. The molecule has 0 radical (unpaired) electrons. The Bertz CT molecular complexity index is 1750. The van der Waals surface area contributed by atoms with Crippen LogP contribution in [0.25, 0.3) is 43.1 Å². The molecule has 154 valence electrons. The van der Waals surface area contributed by atoms with Gasteiger partial charge in [-0.25, -0.2) is 0 Å². The van der Waals surface area contributed by atoms with Crippen LogP contribution in [0.3, 0.4) is 0 Å². The molecule has 0 aliphatic heterocycles. The van der Waals surface area contributed by atoms with Gasteiger partial charge in [0.1, 0.15) is 0 Å². The fourth-order valence-corrected chi connectivity index (χ4v) is 5.24. The SMILES string of the molecule is c1ccc(N(c2ccc3ccccc3c2)c2ccc3ccc4cccc5ccc2c3c45)cc1. The summed E-state index contributed by atoms with van der Waals surface area (Å²) < 4.78 is 0. The fourth-order valence-electron chi connectivity index (χ4n) is 5.24. The minimum Gasteiger partial charge on any atom is -0.310 e. The van der Waals surface area contributed by atoms with Crippen molar-refractivity contribution in [1.82, 2.24) is 0 Å². The molecule has 0 N–H and O–H groups in total. The van der Waals surface area contributed by atoms with Crippen molar-refractivity contribution in [3.05, 3.63) is 127 Å². The molecular formula is C32H21N. The van der Waals surface area contributed by atoms with E-state index in [1.54, 1.807) is 0 Å². The second-order valence-corrected chi connectivity index (χ2v) is 8.64. The van der Waals surface area contributed by atoms with Crippen molar-refractivity contribution in [2.24, 2.45) is 0 Å². The topological polar surface area (TPSA) is 3.24 Å². The number of para-hydroxylation sites is 1. The Morgan fingerprint density at radius 1 is 0.364 bits per heavy atom. The van der Waals surface area contributed by atoms with Gasteiger partial charge >= 0.3 is 0 Å². The van der Waals surface area contributed by atoms with E-state index in [4.69, 9.17) is 0 Å². The first-order valence-corrected chi connectivity index (χ1v) is 11.4. The zero-order valence-corrected chi connectivity index (χ0v) is 18.1. The zero-order chi connectivity index (χ0) is 21.8. The van der Waals surface area contributed by atoms with E-state index in [1.165, 1.54) is 48.8 Å². The number of benzene rings is 7. The second-order valence-electron chi connectivity index (χ2n) is 8.64. The van der Waals surface area contributed by atoms with Crippen LogP contribution < -0.4 is 4.90 Å². The van der Waals surface area contributed by atoms with Crippen LogP contribution in [0, 0.1) is 0 Å². The number of fused-ring (bicyclic) bond motifs is 1. The van der Waals surface area contributed by atoms with Crippen LogP contribution in [0.15, 0.2) is 127 Å². The first-order chi connectivity index (χ1) is 16.4. The van der Waals surface area contributed by atoms with E-state index >= 15 is 0 Å². The minimum atomic E-state index is 1.16. The molecule has 0 aromatic heterocycles. The Balaban J connectivity index is 1.57. The summed E-state index contributed by atoms with van der Waals surface area (Å²) in [6.45, 7) is 0. The number of anilines is 3. The maximum absolute atomic E-state index is 2.39. The Morgan fingerprint density at radius 2 is 0.970 bits per heavy atom. The number of hydrogen-bond acceptors (Lipinski definition) is 1. The van der Waals surface area contributed by atoms with E-state index in [2.05, 4.69) is 132 Å². The summed E-state index contributed by atoms with van der Waals surface area (Å²) in [5.74, 6) is 0. The molecule has 7 aromatic carbocycles. The highest BCUT2D eigenvalue weighted by atomic mass is 15.1. The third-order valence-electron chi connectivity index (χ3n) is 6.75. The maximum atomic E-state index is 2.39. The molecule has 7 aromatic rings. The predicted octanol–water partition coefficient (Wildman–Crippen LogP) is 9.21. The molecule has 33 heavy (non-hydrogen) atoms. The van der Waals surface area contributed by atoms with Gasteiger partial charge in [0, 0.05) is 16.8 Å². The average Bonchev–Trinajstić information content (AvgIpc) is 2.89. The molecule has 0 unspecified atom stereocenters. The number of nitrogens with zero attached hydrogens (tertiary/aromatic N) is 1. The summed E-state index contributed by atoms with van der Waals surface area (Å²) in [6, 6.07) is 46.1. The molecule has 0 fully saturated rings. The van der Waals surface area contributed by atoms with Crippen LogP contribution in [-0.4, -0.2) is 0 Å². The van der Waals surface area contributed by atoms with E-state index in [9.17, 15) is 0 Å². The van der Waals surface area contributed by atoms with Gasteiger partial charge in [-0.05, 0) is 68.0 Å². The third kappa shape index (κ3) is 2.79. The largest absolute Gasteiger partial charge is 0.310 e. The van der Waals surface area contributed by atoms with Crippen LogP contribution in [0.5, 0.6) is 0 Å².